The average Bonchev–Trinajstić information content (AvgIpc) is 2.41. The van der Waals surface area contributed by atoms with Crippen molar-refractivity contribution in [2.45, 2.75) is 38.6 Å². The Kier molecular flexibility index (Phi) is 4.81. The van der Waals surface area contributed by atoms with Gasteiger partial charge in [0.1, 0.15) is 11.6 Å². The molecule has 1 aromatic carbocycles. The second-order valence-electron chi connectivity index (χ2n) is 5.65. The Hall–Kier alpha value is -1.09. The van der Waals surface area contributed by atoms with Crippen LogP contribution in [0.25, 0.3) is 0 Å². The zero-order valence-corrected chi connectivity index (χ0v) is 12.1. The smallest absolute Gasteiger partial charge is 0.131 e. The summed E-state index contributed by atoms with van der Waals surface area (Å²) in [5, 5.41) is 3.30. The zero-order valence-electron chi connectivity index (χ0n) is 12.1. The van der Waals surface area contributed by atoms with E-state index in [-0.39, 0.29) is 11.9 Å². The number of ether oxygens (including phenoxy) is 1. The lowest BCUT2D eigenvalue weighted by atomic mass is 9.76. The second kappa shape index (κ2) is 6.38. The minimum Gasteiger partial charge on any atom is -0.496 e. The standard InChI is InChI=1S/C16H24FNO/c1-11-6-4-7-12(10-11)16(18-2)15-13(17)8-5-9-14(15)19-3/h5,8-9,11-12,16,18H,4,6-7,10H2,1-3H3. The van der Waals surface area contributed by atoms with Gasteiger partial charge in [-0.05, 0) is 43.9 Å². The molecular weight excluding hydrogens is 241 g/mol. The molecule has 0 amide bonds. The number of rotatable bonds is 4. The van der Waals surface area contributed by atoms with Gasteiger partial charge in [-0.3, -0.25) is 0 Å². The van der Waals surface area contributed by atoms with E-state index in [0.717, 1.165) is 18.8 Å². The third-order valence-electron chi connectivity index (χ3n) is 4.30. The largest absolute Gasteiger partial charge is 0.496 e. The summed E-state index contributed by atoms with van der Waals surface area (Å²) in [6.07, 6.45) is 4.85. The molecule has 3 heteroatoms. The maximum atomic E-state index is 14.2. The first kappa shape index (κ1) is 14.3. The normalized spacial score (nSPS) is 25.1. The van der Waals surface area contributed by atoms with Crippen LogP contribution >= 0.6 is 0 Å². The molecule has 1 saturated carbocycles. The predicted molar refractivity (Wildman–Crippen MR) is 75.9 cm³/mol. The molecule has 1 N–H and O–H groups in total. The molecule has 1 aliphatic carbocycles. The van der Waals surface area contributed by atoms with Crippen molar-refractivity contribution < 1.29 is 9.13 Å². The number of hydrogen-bond acceptors (Lipinski definition) is 2. The summed E-state index contributed by atoms with van der Waals surface area (Å²) in [5.74, 6) is 1.70. The number of hydrogen-bond donors (Lipinski definition) is 1. The molecule has 106 valence electrons. The SMILES string of the molecule is CNC(c1c(F)cccc1OC)C1CCCC(C)C1. The molecular formula is C16H24FNO. The van der Waals surface area contributed by atoms with Gasteiger partial charge in [0, 0.05) is 11.6 Å². The van der Waals surface area contributed by atoms with Crippen LogP contribution in [-0.2, 0) is 0 Å². The molecule has 2 nitrogen and oxygen atoms in total. The Balaban J connectivity index is 2.31. The summed E-state index contributed by atoms with van der Waals surface area (Å²) in [6.45, 7) is 2.29. The van der Waals surface area contributed by atoms with Crippen molar-refractivity contribution >= 4 is 0 Å². The second-order valence-corrected chi connectivity index (χ2v) is 5.65. The monoisotopic (exact) mass is 265 g/mol. The topological polar surface area (TPSA) is 21.3 Å². The first-order chi connectivity index (χ1) is 9.17. The minimum atomic E-state index is -0.170. The quantitative estimate of drug-likeness (QED) is 0.891. The molecule has 3 unspecified atom stereocenters. The average molecular weight is 265 g/mol. The van der Waals surface area contributed by atoms with Crippen molar-refractivity contribution in [1.82, 2.24) is 5.32 Å². The van der Waals surface area contributed by atoms with E-state index in [0.29, 0.717) is 17.2 Å². The maximum Gasteiger partial charge on any atom is 0.131 e. The molecule has 19 heavy (non-hydrogen) atoms. The van der Waals surface area contributed by atoms with Crippen molar-refractivity contribution in [1.29, 1.82) is 0 Å². The van der Waals surface area contributed by atoms with Crippen LogP contribution in [0.15, 0.2) is 18.2 Å². The van der Waals surface area contributed by atoms with Crippen molar-refractivity contribution in [2.24, 2.45) is 11.8 Å². The van der Waals surface area contributed by atoms with E-state index in [1.54, 1.807) is 13.2 Å². The van der Waals surface area contributed by atoms with E-state index in [1.165, 1.54) is 18.9 Å². The fourth-order valence-corrected chi connectivity index (χ4v) is 3.40. The molecule has 0 radical (unpaired) electrons. The fourth-order valence-electron chi connectivity index (χ4n) is 3.40. The van der Waals surface area contributed by atoms with Crippen LogP contribution < -0.4 is 10.1 Å². The van der Waals surface area contributed by atoms with Gasteiger partial charge < -0.3 is 10.1 Å². The highest BCUT2D eigenvalue weighted by atomic mass is 19.1. The number of methoxy groups -OCH3 is 1. The molecule has 1 aromatic rings. The van der Waals surface area contributed by atoms with Crippen LogP contribution in [0.4, 0.5) is 4.39 Å². The maximum absolute atomic E-state index is 14.2. The van der Waals surface area contributed by atoms with Gasteiger partial charge in [0.05, 0.1) is 7.11 Å². The summed E-state index contributed by atoms with van der Waals surface area (Å²) in [5.41, 5.74) is 0.687. The first-order valence-corrected chi connectivity index (χ1v) is 7.17. The number of nitrogens with one attached hydrogen (secondary N) is 1. The highest BCUT2D eigenvalue weighted by molar-refractivity contribution is 5.37. The number of halogens is 1. The molecule has 0 heterocycles. The summed E-state index contributed by atoms with van der Waals surface area (Å²) in [7, 11) is 3.52. The van der Waals surface area contributed by atoms with Gasteiger partial charge in [-0.15, -0.1) is 0 Å². The fraction of sp³-hybridized carbons (Fsp3) is 0.625. The molecule has 3 atom stereocenters. The third-order valence-corrected chi connectivity index (χ3v) is 4.30. The van der Waals surface area contributed by atoms with E-state index in [9.17, 15) is 4.39 Å². The summed E-state index contributed by atoms with van der Waals surface area (Å²) >= 11 is 0. The molecule has 1 fully saturated rings. The van der Waals surface area contributed by atoms with Crippen molar-refractivity contribution in [3.8, 4) is 5.75 Å². The summed E-state index contributed by atoms with van der Waals surface area (Å²) in [6, 6.07) is 5.11. The first-order valence-electron chi connectivity index (χ1n) is 7.17. The lowest BCUT2D eigenvalue weighted by Crippen LogP contribution is -2.30. The Morgan fingerprint density at radius 3 is 2.79 bits per heavy atom. The Labute approximate surface area is 115 Å². The van der Waals surface area contributed by atoms with Gasteiger partial charge in [0.15, 0.2) is 0 Å². The molecule has 2 rings (SSSR count). The van der Waals surface area contributed by atoms with Crippen molar-refractivity contribution in [3.63, 3.8) is 0 Å². The molecule has 0 saturated heterocycles. The van der Waals surface area contributed by atoms with Crippen LogP contribution in [0.3, 0.4) is 0 Å². The lowest BCUT2D eigenvalue weighted by molar-refractivity contribution is 0.223. The minimum absolute atomic E-state index is 0.0406. The molecule has 0 bridgehead atoms. The highest BCUT2D eigenvalue weighted by Gasteiger charge is 2.30. The van der Waals surface area contributed by atoms with Crippen LogP contribution in [0.2, 0.25) is 0 Å². The van der Waals surface area contributed by atoms with Gasteiger partial charge in [0.25, 0.3) is 0 Å². The van der Waals surface area contributed by atoms with E-state index in [2.05, 4.69) is 12.2 Å². The van der Waals surface area contributed by atoms with Crippen LogP contribution in [0.1, 0.15) is 44.2 Å². The molecule has 1 aliphatic rings. The lowest BCUT2D eigenvalue weighted by Gasteiger charge is -2.34. The van der Waals surface area contributed by atoms with E-state index in [1.807, 2.05) is 13.1 Å². The van der Waals surface area contributed by atoms with E-state index in [4.69, 9.17) is 4.74 Å². The Bertz CT molecular complexity index is 421. The molecule has 0 aromatic heterocycles. The van der Waals surface area contributed by atoms with Crippen LogP contribution in [0, 0.1) is 17.7 Å². The summed E-state index contributed by atoms with van der Waals surface area (Å²) < 4.78 is 19.6. The van der Waals surface area contributed by atoms with Gasteiger partial charge in [-0.25, -0.2) is 4.39 Å². The Morgan fingerprint density at radius 2 is 2.16 bits per heavy atom. The summed E-state index contributed by atoms with van der Waals surface area (Å²) in [4.78, 5) is 0. The van der Waals surface area contributed by atoms with E-state index >= 15 is 0 Å². The van der Waals surface area contributed by atoms with Gasteiger partial charge in [0.2, 0.25) is 0 Å². The van der Waals surface area contributed by atoms with Gasteiger partial charge >= 0.3 is 0 Å². The number of benzene rings is 1. The van der Waals surface area contributed by atoms with Crippen molar-refractivity contribution in [3.05, 3.63) is 29.6 Å². The zero-order chi connectivity index (χ0) is 13.8. The van der Waals surface area contributed by atoms with Gasteiger partial charge in [-0.2, -0.15) is 0 Å². The third kappa shape index (κ3) is 3.08. The highest BCUT2D eigenvalue weighted by Crippen LogP contribution is 2.40. The Morgan fingerprint density at radius 1 is 1.37 bits per heavy atom. The van der Waals surface area contributed by atoms with Gasteiger partial charge in [-0.1, -0.05) is 25.8 Å². The van der Waals surface area contributed by atoms with Crippen LogP contribution in [0.5, 0.6) is 5.75 Å². The molecule has 0 aliphatic heterocycles. The van der Waals surface area contributed by atoms with Crippen LogP contribution in [-0.4, -0.2) is 14.2 Å². The van der Waals surface area contributed by atoms with E-state index < -0.39 is 0 Å². The predicted octanol–water partition coefficient (Wildman–Crippen LogP) is 3.92. The van der Waals surface area contributed by atoms with Crippen molar-refractivity contribution in [2.75, 3.05) is 14.2 Å². The molecule has 0 spiro atoms.